The summed E-state index contributed by atoms with van der Waals surface area (Å²) in [4.78, 5) is 31.3. The number of anilines is 2. The highest BCUT2D eigenvalue weighted by Gasteiger charge is 2.30. The fourth-order valence-corrected chi connectivity index (χ4v) is 4.45. The zero-order valence-electron chi connectivity index (χ0n) is 16.3. The predicted molar refractivity (Wildman–Crippen MR) is 109 cm³/mol. The Morgan fingerprint density at radius 2 is 1.67 bits per heavy atom. The van der Waals surface area contributed by atoms with Crippen molar-refractivity contribution in [2.24, 2.45) is 0 Å². The van der Waals surface area contributed by atoms with Gasteiger partial charge in [0.2, 0.25) is 21.8 Å². The smallest absolute Gasteiger partial charge is 0.240 e. The maximum atomic E-state index is 12.7. The molecule has 0 unspecified atom stereocenters. The zero-order valence-corrected chi connectivity index (χ0v) is 17.1. The molecular weight excluding hydrogens is 408 g/mol. The van der Waals surface area contributed by atoms with Gasteiger partial charge >= 0.3 is 0 Å². The topological polar surface area (TPSA) is 109 Å². The Hall–Kier alpha value is -2.82. The number of carbonyl (C=O) groups excluding carboxylic acids is 2. The van der Waals surface area contributed by atoms with Crippen LogP contribution in [0.5, 0.6) is 0 Å². The Kier molecular flexibility index (Phi) is 5.80. The van der Waals surface area contributed by atoms with Gasteiger partial charge in [0.15, 0.2) is 0 Å². The number of nitrogens with zero attached hydrogens (tertiary/aromatic N) is 3. The maximum Gasteiger partial charge on any atom is 0.240 e. The Morgan fingerprint density at radius 1 is 1.00 bits per heavy atom. The minimum absolute atomic E-state index is 0.0628. The molecule has 0 aliphatic carbocycles. The van der Waals surface area contributed by atoms with E-state index in [4.69, 9.17) is 4.74 Å². The van der Waals surface area contributed by atoms with Gasteiger partial charge in [0.05, 0.1) is 23.8 Å². The summed E-state index contributed by atoms with van der Waals surface area (Å²) in [6.45, 7) is 2.90. The van der Waals surface area contributed by atoms with Gasteiger partial charge < -0.3 is 9.64 Å². The van der Waals surface area contributed by atoms with Crippen LogP contribution in [0.15, 0.2) is 47.5 Å². The van der Waals surface area contributed by atoms with Gasteiger partial charge in [0.1, 0.15) is 5.82 Å². The Morgan fingerprint density at radius 3 is 2.33 bits per heavy atom. The summed E-state index contributed by atoms with van der Waals surface area (Å²) in [5.41, 5.74) is 1.17. The average molecular weight is 430 g/mol. The molecule has 2 aliphatic heterocycles. The molecule has 2 fully saturated rings. The molecule has 0 saturated carbocycles. The number of ether oxygens (including phenoxy) is 1. The first-order valence-corrected chi connectivity index (χ1v) is 11.2. The van der Waals surface area contributed by atoms with Crippen molar-refractivity contribution in [2.45, 2.75) is 24.3 Å². The summed E-state index contributed by atoms with van der Waals surface area (Å²) >= 11 is 0. The van der Waals surface area contributed by atoms with Gasteiger partial charge in [0, 0.05) is 38.7 Å². The van der Waals surface area contributed by atoms with Crippen LogP contribution in [-0.4, -0.2) is 51.5 Å². The summed E-state index contributed by atoms with van der Waals surface area (Å²) in [6, 6.07) is 9.35. The molecule has 9 nitrogen and oxygen atoms in total. The third-order valence-electron chi connectivity index (χ3n) is 5.07. The highest BCUT2D eigenvalue weighted by molar-refractivity contribution is 7.89. The van der Waals surface area contributed by atoms with E-state index in [1.165, 1.54) is 24.3 Å². The highest BCUT2D eigenvalue weighted by atomic mass is 32.2. The molecule has 2 aromatic rings. The van der Waals surface area contributed by atoms with Crippen molar-refractivity contribution in [3.63, 3.8) is 0 Å². The van der Waals surface area contributed by atoms with Crippen LogP contribution >= 0.6 is 0 Å². The van der Waals surface area contributed by atoms with Crippen LogP contribution in [0, 0.1) is 0 Å². The maximum absolute atomic E-state index is 12.7. The molecule has 0 spiro atoms. The lowest BCUT2D eigenvalue weighted by Crippen LogP contribution is -2.36. The van der Waals surface area contributed by atoms with Crippen molar-refractivity contribution < 1.29 is 22.7 Å². The summed E-state index contributed by atoms with van der Waals surface area (Å²) in [6.07, 6.45) is 2.02. The third-order valence-corrected chi connectivity index (χ3v) is 6.49. The van der Waals surface area contributed by atoms with E-state index in [1.54, 1.807) is 12.3 Å². The first-order valence-electron chi connectivity index (χ1n) is 9.67. The van der Waals surface area contributed by atoms with Crippen LogP contribution in [0.2, 0.25) is 0 Å². The molecule has 2 amide bonds. The fraction of sp³-hybridized carbons (Fsp3) is 0.350. The highest BCUT2D eigenvalue weighted by Crippen LogP contribution is 2.24. The Balaban J connectivity index is 1.43. The van der Waals surface area contributed by atoms with E-state index >= 15 is 0 Å². The number of hydrogen-bond donors (Lipinski definition) is 1. The molecular formula is C20H22N4O5S. The molecule has 4 rings (SSSR count). The molecule has 2 aliphatic rings. The van der Waals surface area contributed by atoms with Gasteiger partial charge in [-0.25, -0.2) is 18.1 Å². The fourth-order valence-electron chi connectivity index (χ4n) is 3.44. The number of benzene rings is 1. The minimum atomic E-state index is -3.76. The lowest BCUT2D eigenvalue weighted by atomic mass is 10.2. The summed E-state index contributed by atoms with van der Waals surface area (Å²) in [5.74, 6) is 0.240. The Labute approximate surface area is 174 Å². The largest absolute Gasteiger partial charge is 0.378 e. The van der Waals surface area contributed by atoms with E-state index in [-0.39, 0.29) is 36.1 Å². The molecule has 3 heterocycles. The number of pyridine rings is 1. The van der Waals surface area contributed by atoms with E-state index in [0.29, 0.717) is 18.9 Å². The van der Waals surface area contributed by atoms with E-state index in [2.05, 4.69) is 14.6 Å². The molecule has 0 radical (unpaired) electrons. The van der Waals surface area contributed by atoms with Crippen LogP contribution in [0.4, 0.5) is 11.5 Å². The number of nitrogens with one attached hydrogen (secondary N) is 1. The number of hydrogen-bond acceptors (Lipinski definition) is 7. The standard InChI is InChI=1S/C20H22N4O5S/c25-19-5-6-20(26)24(19)16-1-3-17(4-2-16)30(27,28)22-14-15-7-8-21-18(13-15)23-9-11-29-12-10-23/h1-4,7-8,13,22H,5-6,9-12,14H2. The summed E-state index contributed by atoms with van der Waals surface area (Å²) < 4.78 is 33.2. The molecule has 1 aromatic carbocycles. The molecule has 2 saturated heterocycles. The monoisotopic (exact) mass is 430 g/mol. The number of imide groups is 1. The van der Waals surface area contributed by atoms with Gasteiger partial charge in [-0.3, -0.25) is 14.5 Å². The van der Waals surface area contributed by atoms with Crippen molar-refractivity contribution in [1.29, 1.82) is 0 Å². The van der Waals surface area contributed by atoms with Crippen LogP contribution in [-0.2, 0) is 30.9 Å². The quantitative estimate of drug-likeness (QED) is 0.682. The van der Waals surface area contributed by atoms with E-state index in [1.807, 2.05) is 6.07 Å². The van der Waals surface area contributed by atoms with Crippen molar-refractivity contribution >= 4 is 33.3 Å². The Bertz CT molecular complexity index is 1030. The number of rotatable bonds is 6. The second kappa shape index (κ2) is 8.50. The van der Waals surface area contributed by atoms with Crippen LogP contribution in [0.3, 0.4) is 0 Å². The van der Waals surface area contributed by atoms with Gasteiger partial charge in [-0.1, -0.05) is 0 Å². The van der Waals surface area contributed by atoms with Gasteiger partial charge in [-0.15, -0.1) is 0 Å². The average Bonchev–Trinajstić information content (AvgIpc) is 3.11. The van der Waals surface area contributed by atoms with E-state index < -0.39 is 10.0 Å². The van der Waals surface area contributed by atoms with Gasteiger partial charge in [-0.2, -0.15) is 0 Å². The first-order chi connectivity index (χ1) is 14.4. The minimum Gasteiger partial charge on any atom is -0.378 e. The van der Waals surface area contributed by atoms with Gasteiger partial charge in [0.25, 0.3) is 0 Å². The molecule has 158 valence electrons. The molecule has 0 atom stereocenters. The number of amides is 2. The van der Waals surface area contributed by atoms with Gasteiger partial charge in [-0.05, 0) is 42.0 Å². The van der Waals surface area contributed by atoms with Crippen molar-refractivity contribution in [3.05, 3.63) is 48.2 Å². The number of morpholine rings is 1. The van der Waals surface area contributed by atoms with Crippen molar-refractivity contribution in [3.8, 4) is 0 Å². The zero-order chi connectivity index (χ0) is 21.1. The van der Waals surface area contributed by atoms with Crippen LogP contribution in [0.1, 0.15) is 18.4 Å². The number of aromatic nitrogens is 1. The number of sulfonamides is 1. The molecule has 30 heavy (non-hydrogen) atoms. The second-order valence-electron chi connectivity index (χ2n) is 7.06. The lowest BCUT2D eigenvalue weighted by Gasteiger charge is -2.28. The van der Waals surface area contributed by atoms with Crippen LogP contribution < -0.4 is 14.5 Å². The summed E-state index contributed by atoms with van der Waals surface area (Å²) in [5, 5.41) is 0. The molecule has 1 aromatic heterocycles. The SMILES string of the molecule is O=C1CCC(=O)N1c1ccc(S(=O)(=O)NCc2ccnc(N3CCOCC3)c2)cc1. The predicted octanol–water partition coefficient (Wildman–Crippen LogP) is 1.05. The lowest BCUT2D eigenvalue weighted by molar-refractivity contribution is -0.121. The van der Waals surface area contributed by atoms with Crippen molar-refractivity contribution in [2.75, 3.05) is 36.1 Å². The molecule has 10 heteroatoms. The molecule has 1 N–H and O–H groups in total. The summed E-state index contributed by atoms with van der Waals surface area (Å²) in [7, 11) is -3.76. The first kappa shape index (κ1) is 20.5. The third kappa shape index (κ3) is 4.35. The normalized spacial score (nSPS) is 17.6. The van der Waals surface area contributed by atoms with E-state index in [9.17, 15) is 18.0 Å². The number of carbonyl (C=O) groups is 2. The van der Waals surface area contributed by atoms with E-state index in [0.717, 1.165) is 29.4 Å². The van der Waals surface area contributed by atoms with Crippen molar-refractivity contribution in [1.82, 2.24) is 9.71 Å². The van der Waals surface area contributed by atoms with Crippen LogP contribution in [0.25, 0.3) is 0 Å². The molecule has 0 bridgehead atoms. The second-order valence-corrected chi connectivity index (χ2v) is 8.83.